The first-order chi connectivity index (χ1) is 8.13. The molecular formula is C15H30N2. The van der Waals surface area contributed by atoms with Crippen LogP contribution in [0.25, 0.3) is 0 Å². The number of nitrogens with zero attached hydrogens (tertiary/aromatic N) is 1. The Balaban J connectivity index is 1.80. The lowest BCUT2D eigenvalue weighted by Gasteiger charge is -2.41. The fourth-order valence-electron chi connectivity index (χ4n) is 3.87. The molecule has 2 rings (SSSR count). The lowest BCUT2D eigenvalue weighted by molar-refractivity contribution is 0.0994. The number of likely N-dealkylation sites (tertiary alicyclic amines) is 1. The highest BCUT2D eigenvalue weighted by Crippen LogP contribution is 2.38. The van der Waals surface area contributed by atoms with Crippen LogP contribution in [-0.4, -0.2) is 37.1 Å². The zero-order valence-corrected chi connectivity index (χ0v) is 12.0. The van der Waals surface area contributed by atoms with Crippen molar-refractivity contribution in [2.45, 2.75) is 58.9 Å². The van der Waals surface area contributed by atoms with Gasteiger partial charge in [-0.2, -0.15) is 0 Å². The van der Waals surface area contributed by atoms with Crippen LogP contribution < -0.4 is 5.32 Å². The van der Waals surface area contributed by atoms with Crippen molar-refractivity contribution in [1.29, 1.82) is 0 Å². The van der Waals surface area contributed by atoms with Crippen molar-refractivity contribution in [3.8, 4) is 0 Å². The van der Waals surface area contributed by atoms with Crippen LogP contribution >= 0.6 is 0 Å². The highest BCUT2D eigenvalue weighted by Gasteiger charge is 2.33. The molecule has 0 radical (unpaired) electrons. The molecule has 0 aromatic heterocycles. The summed E-state index contributed by atoms with van der Waals surface area (Å²) in [5, 5.41) is 3.63. The van der Waals surface area contributed by atoms with Crippen LogP contribution in [0.1, 0.15) is 52.9 Å². The third kappa shape index (κ3) is 3.45. The number of nitrogens with one attached hydrogen (secondary N) is 1. The molecule has 1 saturated heterocycles. The van der Waals surface area contributed by atoms with Crippen molar-refractivity contribution in [2.75, 3.05) is 26.2 Å². The predicted molar refractivity (Wildman–Crippen MR) is 74.3 cm³/mol. The summed E-state index contributed by atoms with van der Waals surface area (Å²) in [7, 11) is 0. The first kappa shape index (κ1) is 13.4. The summed E-state index contributed by atoms with van der Waals surface area (Å²) in [4.78, 5) is 2.73. The Kier molecular flexibility index (Phi) is 4.48. The van der Waals surface area contributed by atoms with Gasteiger partial charge in [0.2, 0.25) is 0 Å². The Bertz CT molecular complexity index is 233. The maximum Gasteiger partial charge on any atom is 0.0117 e. The Morgan fingerprint density at radius 1 is 1.29 bits per heavy atom. The van der Waals surface area contributed by atoms with Crippen LogP contribution in [0.4, 0.5) is 0 Å². The number of piperidine rings is 1. The van der Waals surface area contributed by atoms with Gasteiger partial charge in [0.1, 0.15) is 0 Å². The molecule has 0 aromatic carbocycles. The molecule has 2 aliphatic rings. The van der Waals surface area contributed by atoms with E-state index in [4.69, 9.17) is 0 Å². The molecule has 2 fully saturated rings. The first-order valence-corrected chi connectivity index (χ1v) is 7.59. The van der Waals surface area contributed by atoms with Gasteiger partial charge in [0.05, 0.1) is 0 Å². The van der Waals surface area contributed by atoms with Crippen molar-refractivity contribution < 1.29 is 0 Å². The van der Waals surface area contributed by atoms with Gasteiger partial charge >= 0.3 is 0 Å². The average Bonchev–Trinajstić information content (AvgIpc) is 2.69. The summed E-state index contributed by atoms with van der Waals surface area (Å²) >= 11 is 0. The smallest absolute Gasteiger partial charge is 0.0117 e. The minimum atomic E-state index is 0.630. The summed E-state index contributed by atoms with van der Waals surface area (Å²) < 4.78 is 0. The molecule has 2 nitrogen and oxygen atoms in total. The van der Waals surface area contributed by atoms with Crippen LogP contribution in [0.15, 0.2) is 0 Å². The molecule has 1 aliphatic carbocycles. The molecule has 1 aliphatic heterocycles. The lowest BCUT2D eigenvalue weighted by Crippen LogP contribution is -2.50. The zero-order valence-electron chi connectivity index (χ0n) is 12.0. The predicted octanol–water partition coefficient (Wildman–Crippen LogP) is 2.89. The zero-order chi connectivity index (χ0) is 12.3. The SMILES string of the molecule is CCNC1CCN(CC2(C)CCCC2)CC1C. The Morgan fingerprint density at radius 3 is 2.59 bits per heavy atom. The molecule has 0 spiro atoms. The van der Waals surface area contributed by atoms with Crippen LogP contribution in [0.2, 0.25) is 0 Å². The summed E-state index contributed by atoms with van der Waals surface area (Å²) in [6.45, 7) is 12.2. The Labute approximate surface area is 107 Å². The first-order valence-electron chi connectivity index (χ1n) is 7.59. The molecular weight excluding hydrogens is 208 g/mol. The minimum Gasteiger partial charge on any atom is -0.314 e. The van der Waals surface area contributed by atoms with Gasteiger partial charge in [-0.15, -0.1) is 0 Å². The van der Waals surface area contributed by atoms with Crippen molar-refractivity contribution in [1.82, 2.24) is 10.2 Å². The molecule has 1 saturated carbocycles. The summed E-state index contributed by atoms with van der Waals surface area (Å²) in [5.74, 6) is 0.814. The van der Waals surface area contributed by atoms with E-state index >= 15 is 0 Å². The van der Waals surface area contributed by atoms with Crippen LogP contribution in [0.3, 0.4) is 0 Å². The van der Waals surface area contributed by atoms with Crippen molar-refractivity contribution in [3.63, 3.8) is 0 Å². The van der Waals surface area contributed by atoms with Gasteiger partial charge in [-0.3, -0.25) is 0 Å². The number of hydrogen-bond acceptors (Lipinski definition) is 2. The number of hydrogen-bond donors (Lipinski definition) is 1. The molecule has 2 atom stereocenters. The van der Waals surface area contributed by atoms with E-state index in [1.165, 1.54) is 51.7 Å². The van der Waals surface area contributed by atoms with E-state index in [1.807, 2.05) is 0 Å². The van der Waals surface area contributed by atoms with E-state index in [2.05, 4.69) is 31.0 Å². The highest BCUT2D eigenvalue weighted by molar-refractivity contribution is 4.88. The van der Waals surface area contributed by atoms with E-state index in [1.54, 1.807) is 0 Å². The largest absolute Gasteiger partial charge is 0.314 e. The fourth-order valence-corrected chi connectivity index (χ4v) is 3.87. The van der Waals surface area contributed by atoms with Crippen molar-refractivity contribution >= 4 is 0 Å². The molecule has 17 heavy (non-hydrogen) atoms. The van der Waals surface area contributed by atoms with Gasteiger partial charge in [-0.05, 0) is 43.7 Å². The van der Waals surface area contributed by atoms with E-state index in [0.29, 0.717) is 5.41 Å². The maximum atomic E-state index is 3.63. The minimum absolute atomic E-state index is 0.630. The summed E-state index contributed by atoms with van der Waals surface area (Å²) in [6.07, 6.45) is 7.16. The average molecular weight is 238 g/mol. The third-order valence-electron chi connectivity index (χ3n) is 4.87. The number of rotatable bonds is 4. The molecule has 2 heteroatoms. The van der Waals surface area contributed by atoms with Crippen LogP contribution in [0, 0.1) is 11.3 Å². The Morgan fingerprint density at radius 2 is 2.00 bits per heavy atom. The lowest BCUT2D eigenvalue weighted by atomic mass is 9.86. The van der Waals surface area contributed by atoms with Crippen LogP contribution in [-0.2, 0) is 0 Å². The molecule has 100 valence electrons. The van der Waals surface area contributed by atoms with E-state index in [-0.39, 0.29) is 0 Å². The van der Waals surface area contributed by atoms with Gasteiger partial charge in [0.15, 0.2) is 0 Å². The highest BCUT2D eigenvalue weighted by atomic mass is 15.2. The molecule has 2 unspecified atom stereocenters. The summed E-state index contributed by atoms with van der Waals surface area (Å²) in [5.41, 5.74) is 0.630. The van der Waals surface area contributed by atoms with Gasteiger partial charge in [-0.1, -0.05) is 33.6 Å². The summed E-state index contributed by atoms with van der Waals surface area (Å²) in [6, 6.07) is 0.757. The van der Waals surface area contributed by atoms with Crippen LogP contribution in [0.5, 0.6) is 0 Å². The molecule has 0 amide bonds. The van der Waals surface area contributed by atoms with Gasteiger partial charge in [-0.25, -0.2) is 0 Å². The van der Waals surface area contributed by atoms with E-state index in [9.17, 15) is 0 Å². The normalized spacial score (nSPS) is 34.1. The standard InChI is InChI=1S/C15H30N2/c1-4-16-14-7-10-17(11-13(14)2)12-15(3)8-5-6-9-15/h13-14,16H,4-12H2,1-3H3. The topological polar surface area (TPSA) is 15.3 Å². The molecule has 1 N–H and O–H groups in total. The third-order valence-corrected chi connectivity index (χ3v) is 4.87. The molecule has 1 heterocycles. The van der Waals surface area contributed by atoms with E-state index < -0.39 is 0 Å². The fraction of sp³-hybridized carbons (Fsp3) is 1.00. The second-order valence-electron chi connectivity index (χ2n) is 6.68. The quantitative estimate of drug-likeness (QED) is 0.810. The van der Waals surface area contributed by atoms with Crippen molar-refractivity contribution in [2.24, 2.45) is 11.3 Å². The van der Waals surface area contributed by atoms with E-state index in [0.717, 1.165) is 18.5 Å². The maximum absolute atomic E-state index is 3.63. The van der Waals surface area contributed by atoms with Gasteiger partial charge in [0, 0.05) is 19.1 Å². The second kappa shape index (κ2) is 5.71. The van der Waals surface area contributed by atoms with Crippen molar-refractivity contribution in [3.05, 3.63) is 0 Å². The molecule has 0 aromatic rings. The monoisotopic (exact) mass is 238 g/mol. The van der Waals surface area contributed by atoms with Gasteiger partial charge in [0.25, 0.3) is 0 Å². The second-order valence-corrected chi connectivity index (χ2v) is 6.68. The van der Waals surface area contributed by atoms with Gasteiger partial charge < -0.3 is 10.2 Å². The Hall–Kier alpha value is -0.0800. The molecule has 0 bridgehead atoms.